The van der Waals surface area contributed by atoms with Gasteiger partial charge in [0.2, 0.25) is 0 Å². The molecule has 0 aromatic heterocycles. The number of hydrogen-bond acceptors (Lipinski definition) is 2. The Labute approximate surface area is 220 Å². The van der Waals surface area contributed by atoms with Crippen molar-refractivity contribution in [3.05, 3.63) is 78.4 Å². The topological polar surface area (TPSA) is 18.5 Å². The van der Waals surface area contributed by atoms with Crippen molar-refractivity contribution in [1.82, 2.24) is 0 Å². The summed E-state index contributed by atoms with van der Waals surface area (Å²) < 4.78 is 12.1. The molecule has 0 aliphatic rings. The standard InChI is InChI=1S/C34H46O2/c1-4-6-8-10-14-26-35-28(3)29-18-20-30(21-19-29)33-16-12-13-17-34(33)31-22-24-32(25-23-31)36-27-15-11-9-7-5-2/h12-13,16-25,28H,4-11,14-15,26-27H2,1-3H3. The lowest BCUT2D eigenvalue weighted by Crippen LogP contribution is -2.01. The second-order valence-electron chi connectivity index (χ2n) is 9.88. The molecule has 1 atom stereocenters. The maximum atomic E-state index is 6.10. The molecule has 0 radical (unpaired) electrons. The zero-order valence-corrected chi connectivity index (χ0v) is 22.8. The molecule has 0 saturated heterocycles. The first-order valence-corrected chi connectivity index (χ1v) is 14.3. The quantitative estimate of drug-likeness (QED) is 0.177. The van der Waals surface area contributed by atoms with E-state index >= 15 is 0 Å². The number of rotatable bonds is 17. The molecule has 0 saturated carbocycles. The zero-order chi connectivity index (χ0) is 25.4. The summed E-state index contributed by atoms with van der Waals surface area (Å²) >= 11 is 0. The van der Waals surface area contributed by atoms with Crippen LogP contribution in [0.25, 0.3) is 22.3 Å². The molecule has 0 N–H and O–H groups in total. The molecule has 0 aliphatic carbocycles. The minimum Gasteiger partial charge on any atom is -0.494 e. The molecule has 2 nitrogen and oxygen atoms in total. The molecule has 1 unspecified atom stereocenters. The van der Waals surface area contributed by atoms with Crippen molar-refractivity contribution >= 4 is 0 Å². The number of unbranched alkanes of at least 4 members (excludes halogenated alkanes) is 8. The first kappa shape index (κ1) is 28.0. The molecule has 3 aromatic rings. The third-order valence-electron chi connectivity index (χ3n) is 6.92. The van der Waals surface area contributed by atoms with Crippen LogP contribution < -0.4 is 4.74 Å². The Morgan fingerprint density at radius 2 is 1.06 bits per heavy atom. The molecule has 0 bridgehead atoms. The summed E-state index contributed by atoms with van der Waals surface area (Å²) in [5.41, 5.74) is 6.17. The van der Waals surface area contributed by atoms with Gasteiger partial charge in [0.1, 0.15) is 5.75 Å². The Morgan fingerprint density at radius 1 is 0.556 bits per heavy atom. The summed E-state index contributed by atoms with van der Waals surface area (Å²) in [5, 5.41) is 0. The van der Waals surface area contributed by atoms with Gasteiger partial charge in [-0.15, -0.1) is 0 Å². The minimum absolute atomic E-state index is 0.125. The van der Waals surface area contributed by atoms with E-state index in [4.69, 9.17) is 9.47 Å². The van der Waals surface area contributed by atoms with E-state index < -0.39 is 0 Å². The van der Waals surface area contributed by atoms with E-state index in [1.807, 2.05) is 0 Å². The molecule has 0 spiro atoms. The van der Waals surface area contributed by atoms with Gasteiger partial charge >= 0.3 is 0 Å². The van der Waals surface area contributed by atoms with Crippen molar-refractivity contribution in [3.8, 4) is 28.0 Å². The summed E-state index contributed by atoms with van der Waals surface area (Å²) in [6, 6.07) is 26.1. The predicted molar refractivity (Wildman–Crippen MR) is 155 cm³/mol. The third kappa shape index (κ3) is 9.13. The molecule has 0 fully saturated rings. The molecule has 2 heteroatoms. The summed E-state index contributed by atoms with van der Waals surface area (Å²) in [7, 11) is 0. The highest BCUT2D eigenvalue weighted by molar-refractivity contribution is 5.83. The van der Waals surface area contributed by atoms with Crippen molar-refractivity contribution in [2.45, 2.75) is 91.1 Å². The SMILES string of the molecule is CCCCCCCOc1ccc(-c2ccccc2-c2ccc(C(C)OCCCCCCC)cc2)cc1. The van der Waals surface area contributed by atoms with Crippen molar-refractivity contribution in [1.29, 1.82) is 0 Å². The van der Waals surface area contributed by atoms with E-state index in [2.05, 4.69) is 93.6 Å². The molecule has 36 heavy (non-hydrogen) atoms. The largest absolute Gasteiger partial charge is 0.494 e. The fourth-order valence-electron chi connectivity index (χ4n) is 4.61. The number of benzene rings is 3. The fourth-order valence-corrected chi connectivity index (χ4v) is 4.61. The second-order valence-corrected chi connectivity index (χ2v) is 9.88. The lowest BCUT2D eigenvalue weighted by molar-refractivity contribution is 0.0627. The van der Waals surface area contributed by atoms with Gasteiger partial charge in [0.05, 0.1) is 12.7 Å². The maximum absolute atomic E-state index is 6.10. The fraction of sp³-hybridized carbons (Fsp3) is 0.471. The van der Waals surface area contributed by atoms with Crippen molar-refractivity contribution in [3.63, 3.8) is 0 Å². The van der Waals surface area contributed by atoms with Gasteiger partial charge in [-0.05, 0) is 59.7 Å². The monoisotopic (exact) mass is 486 g/mol. The maximum Gasteiger partial charge on any atom is 0.119 e. The lowest BCUT2D eigenvalue weighted by atomic mass is 9.94. The average molecular weight is 487 g/mol. The number of hydrogen-bond donors (Lipinski definition) is 0. The van der Waals surface area contributed by atoms with E-state index in [-0.39, 0.29) is 6.10 Å². The highest BCUT2D eigenvalue weighted by atomic mass is 16.5. The van der Waals surface area contributed by atoms with Crippen LogP contribution in [-0.2, 0) is 4.74 Å². The Balaban J connectivity index is 1.58. The Kier molecular flexibility index (Phi) is 12.6. The molecule has 3 rings (SSSR count). The van der Waals surface area contributed by atoms with Gasteiger partial charge in [-0.2, -0.15) is 0 Å². The highest BCUT2D eigenvalue weighted by Gasteiger charge is 2.10. The Hall–Kier alpha value is -2.58. The van der Waals surface area contributed by atoms with Gasteiger partial charge in [-0.3, -0.25) is 0 Å². The summed E-state index contributed by atoms with van der Waals surface area (Å²) in [4.78, 5) is 0. The Morgan fingerprint density at radius 3 is 1.61 bits per heavy atom. The van der Waals surface area contributed by atoms with Crippen LogP contribution in [-0.4, -0.2) is 13.2 Å². The first-order chi connectivity index (χ1) is 17.7. The highest BCUT2D eigenvalue weighted by Crippen LogP contribution is 2.33. The summed E-state index contributed by atoms with van der Waals surface area (Å²) in [6.45, 7) is 8.30. The van der Waals surface area contributed by atoms with Crippen LogP contribution in [0.2, 0.25) is 0 Å². The number of ether oxygens (including phenoxy) is 2. The molecular formula is C34H46O2. The van der Waals surface area contributed by atoms with E-state index in [9.17, 15) is 0 Å². The van der Waals surface area contributed by atoms with Crippen LogP contribution in [0.15, 0.2) is 72.8 Å². The van der Waals surface area contributed by atoms with E-state index in [0.29, 0.717) is 0 Å². The smallest absolute Gasteiger partial charge is 0.119 e. The summed E-state index contributed by atoms with van der Waals surface area (Å²) in [6.07, 6.45) is 12.8. The van der Waals surface area contributed by atoms with Gasteiger partial charge in [-0.25, -0.2) is 0 Å². The normalized spacial score (nSPS) is 12.0. The average Bonchev–Trinajstić information content (AvgIpc) is 2.93. The molecule has 0 aliphatic heterocycles. The minimum atomic E-state index is 0.125. The van der Waals surface area contributed by atoms with Gasteiger partial charge in [0, 0.05) is 6.61 Å². The van der Waals surface area contributed by atoms with Crippen LogP contribution >= 0.6 is 0 Å². The molecule has 194 valence electrons. The van der Waals surface area contributed by atoms with Crippen LogP contribution in [0.5, 0.6) is 5.75 Å². The lowest BCUT2D eigenvalue weighted by Gasteiger charge is -2.15. The first-order valence-electron chi connectivity index (χ1n) is 14.3. The van der Waals surface area contributed by atoms with E-state index in [1.54, 1.807) is 0 Å². The van der Waals surface area contributed by atoms with E-state index in [1.165, 1.54) is 79.2 Å². The zero-order valence-electron chi connectivity index (χ0n) is 22.8. The van der Waals surface area contributed by atoms with Crippen LogP contribution in [0, 0.1) is 0 Å². The molecule has 3 aromatic carbocycles. The van der Waals surface area contributed by atoms with E-state index in [0.717, 1.165) is 31.8 Å². The Bertz CT molecular complexity index is 975. The molecule has 0 amide bonds. The van der Waals surface area contributed by atoms with Crippen molar-refractivity contribution in [2.75, 3.05) is 13.2 Å². The van der Waals surface area contributed by atoms with Crippen LogP contribution in [0.3, 0.4) is 0 Å². The molecular weight excluding hydrogens is 440 g/mol. The van der Waals surface area contributed by atoms with Crippen LogP contribution in [0.4, 0.5) is 0 Å². The van der Waals surface area contributed by atoms with Gasteiger partial charge in [0.25, 0.3) is 0 Å². The third-order valence-corrected chi connectivity index (χ3v) is 6.92. The second kappa shape index (κ2) is 16.2. The van der Waals surface area contributed by atoms with Crippen molar-refractivity contribution < 1.29 is 9.47 Å². The van der Waals surface area contributed by atoms with Crippen LogP contribution in [0.1, 0.15) is 96.6 Å². The predicted octanol–water partition coefficient (Wildman–Crippen LogP) is 10.4. The van der Waals surface area contributed by atoms with Gasteiger partial charge < -0.3 is 9.47 Å². The summed E-state index contributed by atoms with van der Waals surface area (Å²) in [5.74, 6) is 0.954. The van der Waals surface area contributed by atoms with Gasteiger partial charge in [-0.1, -0.05) is 126 Å². The molecule has 0 heterocycles. The van der Waals surface area contributed by atoms with Crippen molar-refractivity contribution in [2.24, 2.45) is 0 Å². The van der Waals surface area contributed by atoms with Gasteiger partial charge in [0.15, 0.2) is 0 Å².